The van der Waals surface area contributed by atoms with Crippen LogP contribution in [0.3, 0.4) is 0 Å². The molecule has 1 aliphatic heterocycles. The fraction of sp³-hybridized carbons (Fsp3) is 0.286. The lowest BCUT2D eigenvalue weighted by Gasteiger charge is -2.25. The maximum absolute atomic E-state index is 12.7. The lowest BCUT2D eigenvalue weighted by atomic mass is 9.94. The Labute approximate surface area is 163 Å². The summed E-state index contributed by atoms with van der Waals surface area (Å²) in [4.78, 5) is 31.3. The van der Waals surface area contributed by atoms with Gasteiger partial charge in [0, 0.05) is 26.1 Å². The van der Waals surface area contributed by atoms with E-state index in [4.69, 9.17) is 0 Å². The van der Waals surface area contributed by atoms with Gasteiger partial charge in [-0.05, 0) is 17.7 Å². The molecule has 7 nitrogen and oxygen atoms in total. The third-order valence-electron chi connectivity index (χ3n) is 5.22. The van der Waals surface area contributed by atoms with Crippen LogP contribution in [0.4, 0.5) is 0 Å². The summed E-state index contributed by atoms with van der Waals surface area (Å²) in [7, 11) is 1.78. The predicted molar refractivity (Wildman–Crippen MR) is 107 cm³/mol. The van der Waals surface area contributed by atoms with Crippen molar-refractivity contribution in [3.63, 3.8) is 0 Å². The standard InChI is InChI=1S/C21H23N5O2/c1-25(12-16-11-23-24-20(16)15-7-3-2-4-8-15)19(27)13-26-14-22-18-10-6-5-9-17(18)21(26)28/h2-10,14,16,20,23-24H,11-13H2,1H3. The van der Waals surface area contributed by atoms with Crippen LogP contribution < -0.4 is 16.4 Å². The molecule has 0 radical (unpaired) electrons. The van der Waals surface area contributed by atoms with Gasteiger partial charge in [-0.1, -0.05) is 42.5 Å². The van der Waals surface area contributed by atoms with E-state index in [0.29, 0.717) is 17.4 Å². The van der Waals surface area contributed by atoms with E-state index in [2.05, 4.69) is 28.0 Å². The van der Waals surface area contributed by atoms with Crippen LogP contribution in [0.1, 0.15) is 11.6 Å². The van der Waals surface area contributed by atoms with Gasteiger partial charge in [-0.2, -0.15) is 0 Å². The summed E-state index contributed by atoms with van der Waals surface area (Å²) in [5.74, 6) is 0.126. The molecule has 7 heteroatoms. The second-order valence-corrected chi connectivity index (χ2v) is 7.14. The average Bonchev–Trinajstić information content (AvgIpc) is 3.19. The summed E-state index contributed by atoms with van der Waals surface area (Å²) in [6, 6.07) is 17.5. The number of carbonyl (C=O) groups excluding carboxylic acids is 1. The SMILES string of the molecule is CN(CC1CNNC1c1ccccc1)C(=O)Cn1cnc2ccccc2c1=O. The van der Waals surface area contributed by atoms with Crippen LogP contribution >= 0.6 is 0 Å². The van der Waals surface area contributed by atoms with Gasteiger partial charge in [0.2, 0.25) is 5.91 Å². The number of hydrazine groups is 1. The van der Waals surface area contributed by atoms with Crippen LogP contribution in [-0.4, -0.2) is 40.5 Å². The Morgan fingerprint density at radius 1 is 1.18 bits per heavy atom. The predicted octanol–water partition coefficient (Wildman–Crippen LogP) is 1.32. The summed E-state index contributed by atoms with van der Waals surface area (Å²) in [5, 5.41) is 0.522. The number of carbonyl (C=O) groups is 1. The molecule has 28 heavy (non-hydrogen) atoms. The number of benzene rings is 2. The Balaban J connectivity index is 1.45. The summed E-state index contributed by atoms with van der Waals surface area (Å²) in [6.07, 6.45) is 1.45. The number of hydrogen-bond acceptors (Lipinski definition) is 5. The van der Waals surface area contributed by atoms with Gasteiger partial charge in [0.15, 0.2) is 0 Å². The fourth-order valence-electron chi connectivity index (χ4n) is 3.66. The first-order valence-electron chi connectivity index (χ1n) is 9.35. The van der Waals surface area contributed by atoms with Crippen molar-refractivity contribution in [2.24, 2.45) is 5.92 Å². The monoisotopic (exact) mass is 377 g/mol. The fourth-order valence-corrected chi connectivity index (χ4v) is 3.66. The van der Waals surface area contributed by atoms with Crippen molar-refractivity contribution < 1.29 is 4.79 Å². The Bertz CT molecular complexity index is 1030. The van der Waals surface area contributed by atoms with E-state index in [-0.39, 0.29) is 30.0 Å². The maximum Gasteiger partial charge on any atom is 0.261 e. The topological polar surface area (TPSA) is 79.3 Å². The van der Waals surface area contributed by atoms with Gasteiger partial charge in [-0.25, -0.2) is 10.4 Å². The molecule has 2 unspecified atom stereocenters. The van der Waals surface area contributed by atoms with E-state index in [1.54, 1.807) is 30.1 Å². The minimum absolute atomic E-state index is 0.0171. The minimum Gasteiger partial charge on any atom is -0.344 e. The van der Waals surface area contributed by atoms with Crippen LogP contribution in [0.25, 0.3) is 10.9 Å². The number of nitrogens with one attached hydrogen (secondary N) is 2. The minimum atomic E-state index is -0.196. The van der Waals surface area contributed by atoms with Gasteiger partial charge in [0.05, 0.1) is 23.3 Å². The summed E-state index contributed by atoms with van der Waals surface area (Å²) < 4.78 is 1.38. The van der Waals surface area contributed by atoms with Crippen LogP contribution in [0, 0.1) is 5.92 Å². The molecule has 2 heterocycles. The van der Waals surface area contributed by atoms with Crippen molar-refractivity contribution in [1.82, 2.24) is 25.3 Å². The molecule has 1 aliphatic rings. The zero-order chi connectivity index (χ0) is 19.5. The molecular weight excluding hydrogens is 354 g/mol. The second-order valence-electron chi connectivity index (χ2n) is 7.14. The number of fused-ring (bicyclic) bond motifs is 1. The van der Waals surface area contributed by atoms with E-state index in [1.165, 1.54) is 16.5 Å². The smallest absolute Gasteiger partial charge is 0.261 e. The van der Waals surface area contributed by atoms with Gasteiger partial charge < -0.3 is 4.90 Å². The van der Waals surface area contributed by atoms with E-state index < -0.39 is 0 Å². The molecular formula is C21H23N5O2. The number of amides is 1. The first-order chi connectivity index (χ1) is 13.6. The maximum atomic E-state index is 12.7. The Hall–Kier alpha value is -3.03. The van der Waals surface area contributed by atoms with Gasteiger partial charge in [0.1, 0.15) is 6.54 Å². The molecule has 1 aromatic heterocycles. The number of aromatic nitrogens is 2. The van der Waals surface area contributed by atoms with Gasteiger partial charge >= 0.3 is 0 Å². The van der Waals surface area contributed by atoms with E-state index in [1.807, 2.05) is 24.3 Å². The summed E-state index contributed by atoms with van der Waals surface area (Å²) in [6.45, 7) is 1.35. The van der Waals surface area contributed by atoms with Crippen molar-refractivity contribution in [1.29, 1.82) is 0 Å². The van der Waals surface area contributed by atoms with Crippen molar-refractivity contribution in [3.05, 3.63) is 76.8 Å². The van der Waals surface area contributed by atoms with Crippen molar-refractivity contribution >= 4 is 16.8 Å². The molecule has 3 aromatic rings. The second kappa shape index (κ2) is 7.92. The third-order valence-corrected chi connectivity index (χ3v) is 5.22. The summed E-state index contributed by atoms with van der Waals surface area (Å²) >= 11 is 0. The number of likely N-dealkylation sites (N-methyl/N-ethyl adjacent to an activating group) is 1. The Morgan fingerprint density at radius 2 is 1.93 bits per heavy atom. The van der Waals surface area contributed by atoms with E-state index in [0.717, 1.165) is 6.54 Å². The van der Waals surface area contributed by atoms with Gasteiger partial charge in [0.25, 0.3) is 5.56 Å². The van der Waals surface area contributed by atoms with Crippen LogP contribution in [-0.2, 0) is 11.3 Å². The van der Waals surface area contributed by atoms with E-state index in [9.17, 15) is 9.59 Å². The largest absolute Gasteiger partial charge is 0.344 e. The lowest BCUT2D eigenvalue weighted by molar-refractivity contribution is -0.131. The zero-order valence-corrected chi connectivity index (χ0v) is 15.7. The molecule has 1 fully saturated rings. The molecule has 2 atom stereocenters. The number of rotatable bonds is 5. The molecule has 4 rings (SSSR count). The first-order valence-corrected chi connectivity index (χ1v) is 9.35. The van der Waals surface area contributed by atoms with Crippen molar-refractivity contribution in [3.8, 4) is 0 Å². The van der Waals surface area contributed by atoms with Gasteiger partial charge in [-0.3, -0.25) is 19.6 Å². The summed E-state index contributed by atoms with van der Waals surface area (Å²) in [5.41, 5.74) is 8.11. The molecule has 144 valence electrons. The lowest BCUT2D eigenvalue weighted by Crippen LogP contribution is -2.38. The molecule has 2 aromatic carbocycles. The highest BCUT2D eigenvalue weighted by atomic mass is 16.2. The molecule has 0 bridgehead atoms. The number of para-hydroxylation sites is 1. The third kappa shape index (κ3) is 3.67. The van der Waals surface area contributed by atoms with Crippen LogP contribution in [0.15, 0.2) is 65.7 Å². The quantitative estimate of drug-likeness (QED) is 0.701. The van der Waals surface area contributed by atoms with Crippen molar-refractivity contribution in [2.45, 2.75) is 12.6 Å². The molecule has 1 saturated heterocycles. The molecule has 0 aliphatic carbocycles. The Kier molecular flexibility index (Phi) is 5.18. The molecule has 0 spiro atoms. The van der Waals surface area contributed by atoms with E-state index >= 15 is 0 Å². The highest BCUT2D eigenvalue weighted by molar-refractivity contribution is 5.78. The highest BCUT2D eigenvalue weighted by Crippen LogP contribution is 2.25. The highest BCUT2D eigenvalue weighted by Gasteiger charge is 2.30. The molecule has 1 amide bonds. The van der Waals surface area contributed by atoms with Crippen LogP contribution in [0.2, 0.25) is 0 Å². The average molecular weight is 377 g/mol. The normalized spacial score (nSPS) is 19.0. The molecule has 0 saturated carbocycles. The number of hydrogen-bond donors (Lipinski definition) is 2. The van der Waals surface area contributed by atoms with Crippen molar-refractivity contribution in [2.75, 3.05) is 20.1 Å². The van der Waals surface area contributed by atoms with Gasteiger partial charge in [-0.15, -0.1) is 0 Å². The molecule has 2 N–H and O–H groups in total. The first kappa shape index (κ1) is 18.3. The Morgan fingerprint density at radius 3 is 2.75 bits per heavy atom. The van der Waals surface area contributed by atoms with Crippen LogP contribution in [0.5, 0.6) is 0 Å². The zero-order valence-electron chi connectivity index (χ0n) is 15.7. The number of nitrogens with zero attached hydrogens (tertiary/aromatic N) is 3.